The Morgan fingerprint density at radius 2 is 1.85 bits per heavy atom. The highest BCUT2D eigenvalue weighted by Gasteiger charge is 2.09. The van der Waals surface area contributed by atoms with E-state index < -0.39 is 0 Å². The molecule has 0 fully saturated rings. The van der Waals surface area contributed by atoms with Gasteiger partial charge in [-0.1, -0.05) is 13.0 Å². The molecule has 2 rings (SSSR count). The van der Waals surface area contributed by atoms with Gasteiger partial charge in [-0.05, 0) is 43.2 Å². The summed E-state index contributed by atoms with van der Waals surface area (Å²) in [6.07, 6.45) is 3.41. The van der Waals surface area contributed by atoms with E-state index in [0.29, 0.717) is 5.88 Å². The monoisotopic (exact) mass is 272 g/mol. The number of hydrogen-bond donors (Lipinski definition) is 1. The van der Waals surface area contributed by atoms with E-state index in [0.717, 1.165) is 29.9 Å². The Labute approximate surface area is 119 Å². The number of nitrogens with two attached hydrogens (primary N) is 1. The number of pyridine rings is 1. The number of methoxy groups -OCH3 is 1. The molecule has 106 valence electrons. The minimum Gasteiger partial charge on any atom is -0.497 e. The molecule has 1 heterocycles. The zero-order chi connectivity index (χ0) is 14.4. The summed E-state index contributed by atoms with van der Waals surface area (Å²) in [5.74, 6) is 2.14. The molecule has 0 bridgehead atoms. The van der Waals surface area contributed by atoms with Crippen LogP contribution in [0.2, 0.25) is 0 Å². The van der Waals surface area contributed by atoms with Gasteiger partial charge >= 0.3 is 0 Å². The van der Waals surface area contributed by atoms with E-state index in [-0.39, 0.29) is 6.04 Å². The molecule has 0 aliphatic rings. The van der Waals surface area contributed by atoms with Gasteiger partial charge in [0.15, 0.2) is 0 Å². The van der Waals surface area contributed by atoms with Crippen molar-refractivity contribution in [3.8, 4) is 17.4 Å². The highest BCUT2D eigenvalue weighted by atomic mass is 16.5. The molecular weight excluding hydrogens is 252 g/mol. The van der Waals surface area contributed by atoms with Gasteiger partial charge in [-0.2, -0.15) is 0 Å². The summed E-state index contributed by atoms with van der Waals surface area (Å²) in [6.45, 7) is 2.07. The summed E-state index contributed by atoms with van der Waals surface area (Å²) in [5.41, 5.74) is 7.03. The molecule has 0 radical (unpaired) electrons. The lowest BCUT2D eigenvalue weighted by Crippen LogP contribution is -2.21. The number of aromatic nitrogens is 1. The van der Waals surface area contributed by atoms with Crippen molar-refractivity contribution in [2.45, 2.75) is 25.8 Å². The third-order valence-electron chi connectivity index (χ3n) is 3.13. The van der Waals surface area contributed by atoms with Gasteiger partial charge in [0.1, 0.15) is 11.5 Å². The van der Waals surface area contributed by atoms with Crippen molar-refractivity contribution in [3.05, 3.63) is 48.2 Å². The van der Waals surface area contributed by atoms with Crippen molar-refractivity contribution in [2.75, 3.05) is 7.11 Å². The van der Waals surface area contributed by atoms with Gasteiger partial charge in [0.2, 0.25) is 5.88 Å². The first-order valence-corrected chi connectivity index (χ1v) is 6.74. The normalized spacial score (nSPS) is 11.9. The van der Waals surface area contributed by atoms with E-state index >= 15 is 0 Å². The van der Waals surface area contributed by atoms with E-state index in [9.17, 15) is 0 Å². The number of rotatable bonds is 6. The molecule has 0 spiro atoms. The van der Waals surface area contributed by atoms with Crippen LogP contribution in [0.4, 0.5) is 0 Å². The van der Waals surface area contributed by atoms with Gasteiger partial charge in [0.25, 0.3) is 0 Å². The summed E-state index contributed by atoms with van der Waals surface area (Å²) < 4.78 is 11.0. The maximum atomic E-state index is 6.01. The summed E-state index contributed by atoms with van der Waals surface area (Å²) in [6, 6.07) is 11.5. The molecule has 0 aliphatic carbocycles. The fourth-order valence-electron chi connectivity index (χ4n) is 1.85. The largest absolute Gasteiger partial charge is 0.497 e. The molecule has 1 atom stereocenters. The second-order valence-corrected chi connectivity index (χ2v) is 4.62. The van der Waals surface area contributed by atoms with Gasteiger partial charge in [-0.3, -0.25) is 0 Å². The standard InChI is InChI=1S/C16H20N2O2/c1-3-13(17)11-12-5-4-10-18-16(12)20-15-8-6-14(19-2)7-9-15/h4-10,13H,3,11,17H2,1-2H3. The molecule has 4 nitrogen and oxygen atoms in total. The van der Waals surface area contributed by atoms with Gasteiger partial charge < -0.3 is 15.2 Å². The second-order valence-electron chi connectivity index (χ2n) is 4.62. The summed E-state index contributed by atoms with van der Waals surface area (Å²) in [7, 11) is 1.64. The molecule has 1 unspecified atom stereocenters. The maximum absolute atomic E-state index is 6.01. The molecule has 0 aliphatic heterocycles. The Bertz CT molecular complexity index is 540. The van der Waals surface area contributed by atoms with Crippen LogP contribution in [0.25, 0.3) is 0 Å². The van der Waals surface area contributed by atoms with Crippen LogP contribution in [0.15, 0.2) is 42.6 Å². The second kappa shape index (κ2) is 6.91. The van der Waals surface area contributed by atoms with Crippen molar-refractivity contribution in [3.63, 3.8) is 0 Å². The SMILES string of the molecule is CCC(N)Cc1cccnc1Oc1ccc(OC)cc1. The van der Waals surface area contributed by atoms with E-state index in [1.54, 1.807) is 13.3 Å². The zero-order valence-corrected chi connectivity index (χ0v) is 11.9. The minimum atomic E-state index is 0.123. The lowest BCUT2D eigenvalue weighted by Gasteiger charge is -2.13. The highest BCUT2D eigenvalue weighted by molar-refractivity contribution is 5.36. The van der Waals surface area contributed by atoms with Gasteiger partial charge in [0.05, 0.1) is 7.11 Å². The van der Waals surface area contributed by atoms with Crippen molar-refractivity contribution in [2.24, 2.45) is 5.73 Å². The molecule has 0 saturated carbocycles. The zero-order valence-electron chi connectivity index (χ0n) is 11.9. The fraction of sp³-hybridized carbons (Fsp3) is 0.312. The number of benzene rings is 1. The van der Waals surface area contributed by atoms with Crippen LogP contribution in [-0.4, -0.2) is 18.1 Å². The molecule has 2 N–H and O–H groups in total. The predicted octanol–water partition coefficient (Wildman–Crippen LogP) is 3.16. The van der Waals surface area contributed by atoms with Gasteiger partial charge in [-0.15, -0.1) is 0 Å². The molecule has 1 aromatic heterocycles. The molecule has 4 heteroatoms. The lowest BCUT2D eigenvalue weighted by atomic mass is 10.1. The van der Waals surface area contributed by atoms with Crippen LogP contribution in [0.1, 0.15) is 18.9 Å². The van der Waals surface area contributed by atoms with Crippen LogP contribution in [-0.2, 0) is 6.42 Å². The van der Waals surface area contributed by atoms with Crippen LogP contribution in [0.3, 0.4) is 0 Å². The van der Waals surface area contributed by atoms with Crippen LogP contribution >= 0.6 is 0 Å². The van der Waals surface area contributed by atoms with Crippen LogP contribution in [0, 0.1) is 0 Å². The van der Waals surface area contributed by atoms with Crippen LogP contribution in [0.5, 0.6) is 17.4 Å². The molecule has 1 aromatic carbocycles. The number of ether oxygens (including phenoxy) is 2. The van der Waals surface area contributed by atoms with Gasteiger partial charge in [0, 0.05) is 17.8 Å². The molecule has 2 aromatic rings. The lowest BCUT2D eigenvalue weighted by molar-refractivity contribution is 0.411. The highest BCUT2D eigenvalue weighted by Crippen LogP contribution is 2.25. The average molecular weight is 272 g/mol. The first-order valence-electron chi connectivity index (χ1n) is 6.74. The Kier molecular flexibility index (Phi) is 4.96. The Morgan fingerprint density at radius 3 is 2.50 bits per heavy atom. The predicted molar refractivity (Wildman–Crippen MR) is 79.3 cm³/mol. The Hall–Kier alpha value is -2.07. The summed E-state index contributed by atoms with van der Waals surface area (Å²) >= 11 is 0. The van der Waals surface area contributed by atoms with E-state index in [4.69, 9.17) is 15.2 Å². The summed E-state index contributed by atoms with van der Waals surface area (Å²) in [5, 5.41) is 0. The Morgan fingerprint density at radius 1 is 1.15 bits per heavy atom. The summed E-state index contributed by atoms with van der Waals surface area (Å²) in [4.78, 5) is 4.29. The first kappa shape index (κ1) is 14.3. The average Bonchev–Trinajstić information content (AvgIpc) is 2.50. The number of nitrogens with zero attached hydrogens (tertiary/aromatic N) is 1. The molecule has 0 amide bonds. The maximum Gasteiger partial charge on any atom is 0.222 e. The quantitative estimate of drug-likeness (QED) is 0.877. The van der Waals surface area contributed by atoms with Crippen molar-refractivity contribution in [1.82, 2.24) is 4.98 Å². The molecular formula is C16H20N2O2. The van der Waals surface area contributed by atoms with E-state index in [1.807, 2.05) is 36.4 Å². The third-order valence-corrected chi connectivity index (χ3v) is 3.13. The third kappa shape index (κ3) is 3.71. The first-order chi connectivity index (χ1) is 9.72. The molecule has 0 saturated heterocycles. The Balaban J connectivity index is 2.15. The van der Waals surface area contributed by atoms with Crippen molar-refractivity contribution >= 4 is 0 Å². The van der Waals surface area contributed by atoms with Crippen LogP contribution < -0.4 is 15.2 Å². The minimum absolute atomic E-state index is 0.123. The topological polar surface area (TPSA) is 57.4 Å². The smallest absolute Gasteiger partial charge is 0.222 e. The van der Waals surface area contributed by atoms with Crippen molar-refractivity contribution in [1.29, 1.82) is 0 Å². The van der Waals surface area contributed by atoms with Crippen molar-refractivity contribution < 1.29 is 9.47 Å². The molecule has 20 heavy (non-hydrogen) atoms. The number of hydrogen-bond acceptors (Lipinski definition) is 4. The van der Waals surface area contributed by atoms with Gasteiger partial charge in [-0.25, -0.2) is 4.98 Å². The fourth-order valence-corrected chi connectivity index (χ4v) is 1.85. The van der Waals surface area contributed by atoms with E-state index in [2.05, 4.69) is 11.9 Å². The van der Waals surface area contributed by atoms with E-state index in [1.165, 1.54) is 0 Å².